The van der Waals surface area contributed by atoms with Gasteiger partial charge in [0.05, 0.1) is 6.04 Å². The van der Waals surface area contributed by atoms with E-state index in [-0.39, 0.29) is 11.9 Å². The highest BCUT2D eigenvalue weighted by Crippen LogP contribution is 2.24. The van der Waals surface area contributed by atoms with Crippen molar-refractivity contribution in [2.75, 3.05) is 7.05 Å². The zero-order valence-electron chi connectivity index (χ0n) is 10.2. The van der Waals surface area contributed by atoms with Crippen LogP contribution in [0.1, 0.15) is 22.7 Å². The van der Waals surface area contributed by atoms with E-state index in [0.717, 1.165) is 15.6 Å². The number of nitrogens with zero attached hydrogens (tertiary/aromatic N) is 1. The monoisotopic (exact) mass is 308 g/mol. The summed E-state index contributed by atoms with van der Waals surface area (Å²) in [6.45, 7) is 1.77. The normalized spacial score (nSPS) is 12.4. The largest absolute Gasteiger partial charge is 0.309 e. The molecule has 0 aliphatic carbocycles. The number of pyridine rings is 1. The number of rotatable bonds is 3. The first-order chi connectivity index (χ1) is 8.61. The van der Waals surface area contributed by atoms with Crippen LogP contribution in [0, 0.1) is 12.7 Å². The van der Waals surface area contributed by atoms with Crippen LogP contribution in [0.25, 0.3) is 0 Å². The third-order valence-corrected chi connectivity index (χ3v) is 3.30. The van der Waals surface area contributed by atoms with Crippen LogP contribution in [-0.2, 0) is 0 Å². The number of hydrogen-bond donors (Lipinski definition) is 1. The van der Waals surface area contributed by atoms with Crippen molar-refractivity contribution in [1.29, 1.82) is 0 Å². The van der Waals surface area contributed by atoms with Gasteiger partial charge in [0.25, 0.3) is 0 Å². The van der Waals surface area contributed by atoms with Crippen LogP contribution in [0.3, 0.4) is 0 Å². The Kier molecular flexibility index (Phi) is 4.09. The van der Waals surface area contributed by atoms with E-state index in [4.69, 9.17) is 0 Å². The Balaban J connectivity index is 2.42. The average molecular weight is 309 g/mol. The lowest BCUT2D eigenvalue weighted by molar-refractivity contribution is 0.614. The fourth-order valence-corrected chi connectivity index (χ4v) is 2.34. The second-order valence-electron chi connectivity index (χ2n) is 4.17. The molecule has 0 saturated heterocycles. The Morgan fingerprint density at radius 2 is 2.00 bits per heavy atom. The Hall–Kier alpha value is -1.26. The number of hydrogen-bond acceptors (Lipinski definition) is 2. The quantitative estimate of drug-likeness (QED) is 0.937. The standard InChI is InChI=1S/C14H14BrFN2/c1-9-5-10(3-4-13(9)16)14(17-2)11-6-12(15)8-18-7-11/h3-8,14,17H,1-2H3. The van der Waals surface area contributed by atoms with E-state index in [2.05, 4.69) is 26.2 Å². The van der Waals surface area contributed by atoms with Crippen molar-refractivity contribution in [1.82, 2.24) is 10.3 Å². The molecule has 2 aromatic rings. The summed E-state index contributed by atoms with van der Waals surface area (Å²) in [6, 6.07) is 7.17. The third kappa shape index (κ3) is 2.76. The first kappa shape index (κ1) is 13.2. The van der Waals surface area contributed by atoms with E-state index in [1.165, 1.54) is 6.07 Å². The van der Waals surface area contributed by atoms with Crippen LogP contribution >= 0.6 is 15.9 Å². The van der Waals surface area contributed by atoms with E-state index in [0.29, 0.717) is 5.56 Å². The number of aromatic nitrogens is 1. The van der Waals surface area contributed by atoms with E-state index >= 15 is 0 Å². The molecule has 1 aromatic heterocycles. The lowest BCUT2D eigenvalue weighted by Gasteiger charge is -2.17. The Morgan fingerprint density at radius 1 is 1.22 bits per heavy atom. The van der Waals surface area contributed by atoms with Crippen LogP contribution in [0.15, 0.2) is 41.1 Å². The molecule has 0 radical (unpaired) electrons. The van der Waals surface area contributed by atoms with Gasteiger partial charge >= 0.3 is 0 Å². The predicted molar refractivity (Wildman–Crippen MR) is 74.0 cm³/mol. The maximum Gasteiger partial charge on any atom is 0.126 e. The molecular weight excluding hydrogens is 295 g/mol. The molecule has 0 saturated carbocycles. The molecule has 18 heavy (non-hydrogen) atoms. The summed E-state index contributed by atoms with van der Waals surface area (Å²) in [5.41, 5.74) is 2.71. The Labute approximate surface area is 114 Å². The highest BCUT2D eigenvalue weighted by Gasteiger charge is 2.13. The Bertz CT molecular complexity index is 557. The van der Waals surface area contributed by atoms with Crippen molar-refractivity contribution < 1.29 is 4.39 Å². The van der Waals surface area contributed by atoms with Gasteiger partial charge in [-0.05, 0) is 58.7 Å². The summed E-state index contributed by atoms with van der Waals surface area (Å²) in [5, 5.41) is 3.23. The Morgan fingerprint density at radius 3 is 2.61 bits per heavy atom. The molecule has 1 N–H and O–H groups in total. The van der Waals surface area contributed by atoms with Crippen molar-refractivity contribution in [2.45, 2.75) is 13.0 Å². The van der Waals surface area contributed by atoms with Crippen LogP contribution < -0.4 is 5.32 Å². The van der Waals surface area contributed by atoms with Crippen LogP contribution in [0.2, 0.25) is 0 Å². The summed E-state index contributed by atoms with van der Waals surface area (Å²) >= 11 is 3.41. The van der Waals surface area contributed by atoms with Gasteiger partial charge in [-0.3, -0.25) is 4.98 Å². The van der Waals surface area contributed by atoms with Crippen molar-refractivity contribution in [2.24, 2.45) is 0 Å². The first-order valence-electron chi connectivity index (χ1n) is 5.65. The first-order valence-corrected chi connectivity index (χ1v) is 6.45. The molecule has 1 atom stereocenters. The predicted octanol–water partition coefficient (Wildman–Crippen LogP) is 3.60. The van der Waals surface area contributed by atoms with Crippen molar-refractivity contribution in [3.05, 3.63) is 63.6 Å². The molecular formula is C14H14BrFN2. The van der Waals surface area contributed by atoms with E-state index in [9.17, 15) is 4.39 Å². The van der Waals surface area contributed by atoms with Crippen molar-refractivity contribution >= 4 is 15.9 Å². The minimum atomic E-state index is -0.180. The molecule has 1 aromatic carbocycles. The van der Waals surface area contributed by atoms with Crippen molar-refractivity contribution in [3.63, 3.8) is 0 Å². The zero-order chi connectivity index (χ0) is 13.1. The number of benzene rings is 1. The lowest BCUT2D eigenvalue weighted by Crippen LogP contribution is -2.18. The minimum absolute atomic E-state index is 0.00861. The molecule has 0 aliphatic heterocycles. The van der Waals surface area contributed by atoms with E-state index in [1.807, 2.05) is 25.4 Å². The number of aryl methyl sites for hydroxylation is 1. The number of halogens is 2. The highest BCUT2D eigenvalue weighted by atomic mass is 79.9. The van der Waals surface area contributed by atoms with Gasteiger partial charge in [-0.1, -0.05) is 12.1 Å². The summed E-state index contributed by atoms with van der Waals surface area (Å²) in [5.74, 6) is -0.180. The smallest absolute Gasteiger partial charge is 0.126 e. The molecule has 4 heteroatoms. The maximum absolute atomic E-state index is 13.3. The van der Waals surface area contributed by atoms with Gasteiger partial charge in [0, 0.05) is 16.9 Å². The van der Waals surface area contributed by atoms with Gasteiger partial charge in [0.2, 0.25) is 0 Å². The SMILES string of the molecule is CNC(c1cncc(Br)c1)c1ccc(F)c(C)c1. The molecule has 2 rings (SSSR count). The van der Waals surface area contributed by atoms with Crippen molar-refractivity contribution in [3.8, 4) is 0 Å². The minimum Gasteiger partial charge on any atom is -0.309 e. The molecule has 0 fully saturated rings. The maximum atomic E-state index is 13.3. The molecule has 0 spiro atoms. The molecule has 2 nitrogen and oxygen atoms in total. The third-order valence-electron chi connectivity index (χ3n) is 2.86. The topological polar surface area (TPSA) is 24.9 Å². The fraction of sp³-hybridized carbons (Fsp3) is 0.214. The van der Waals surface area contributed by atoms with Gasteiger partial charge in [-0.25, -0.2) is 4.39 Å². The summed E-state index contributed by atoms with van der Waals surface area (Å²) in [4.78, 5) is 4.16. The van der Waals surface area contributed by atoms with Gasteiger partial charge in [-0.15, -0.1) is 0 Å². The van der Waals surface area contributed by atoms with Gasteiger partial charge in [-0.2, -0.15) is 0 Å². The second kappa shape index (κ2) is 5.59. The molecule has 1 heterocycles. The molecule has 94 valence electrons. The molecule has 0 amide bonds. The van der Waals surface area contributed by atoms with E-state index < -0.39 is 0 Å². The molecule has 0 bridgehead atoms. The van der Waals surface area contributed by atoms with Crippen LogP contribution in [0.5, 0.6) is 0 Å². The van der Waals surface area contributed by atoms with Gasteiger partial charge in [0.15, 0.2) is 0 Å². The van der Waals surface area contributed by atoms with E-state index in [1.54, 1.807) is 19.2 Å². The number of nitrogens with one attached hydrogen (secondary N) is 1. The summed E-state index contributed by atoms with van der Waals surface area (Å²) in [7, 11) is 1.88. The van der Waals surface area contributed by atoms with Gasteiger partial charge in [0.1, 0.15) is 5.82 Å². The summed E-state index contributed by atoms with van der Waals surface area (Å²) < 4.78 is 14.2. The van der Waals surface area contributed by atoms with Crippen LogP contribution in [0.4, 0.5) is 4.39 Å². The summed E-state index contributed by atoms with van der Waals surface area (Å²) in [6.07, 6.45) is 3.55. The molecule has 0 aliphatic rings. The lowest BCUT2D eigenvalue weighted by atomic mass is 9.98. The average Bonchev–Trinajstić information content (AvgIpc) is 2.35. The van der Waals surface area contributed by atoms with Crippen LogP contribution in [-0.4, -0.2) is 12.0 Å². The fourth-order valence-electron chi connectivity index (χ4n) is 1.96. The van der Waals surface area contributed by atoms with Gasteiger partial charge < -0.3 is 5.32 Å². The second-order valence-corrected chi connectivity index (χ2v) is 5.08. The molecule has 1 unspecified atom stereocenters. The zero-order valence-corrected chi connectivity index (χ0v) is 11.8. The highest BCUT2D eigenvalue weighted by molar-refractivity contribution is 9.10.